The molecule has 0 aliphatic carbocycles. The van der Waals surface area contributed by atoms with Crippen LogP contribution in [0.2, 0.25) is 0 Å². The molecule has 2 aromatic rings. The van der Waals surface area contributed by atoms with E-state index in [1.165, 1.54) is 29.5 Å². The minimum Gasteiger partial charge on any atom is -0.392 e. The van der Waals surface area contributed by atoms with E-state index in [1.807, 2.05) is 12.1 Å². The van der Waals surface area contributed by atoms with Gasteiger partial charge in [0, 0.05) is 6.54 Å². The van der Waals surface area contributed by atoms with Crippen molar-refractivity contribution in [3.8, 4) is 0 Å². The number of hydrogen-bond acceptors (Lipinski definition) is 2. The number of hydrogen-bond donors (Lipinski definition) is 1. The molecule has 2 unspecified atom stereocenters. The predicted octanol–water partition coefficient (Wildman–Crippen LogP) is 4.93. The van der Waals surface area contributed by atoms with Gasteiger partial charge in [-0.15, -0.1) is 0 Å². The molecular formula is C22H31NO. The molecule has 130 valence electrons. The fourth-order valence-corrected chi connectivity index (χ4v) is 3.10. The zero-order valence-corrected chi connectivity index (χ0v) is 15.5. The van der Waals surface area contributed by atoms with Gasteiger partial charge in [0.1, 0.15) is 0 Å². The minimum atomic E-state index is 0.121. The van der Waals surface area contributed by atoms with Gasteiger partial charge in [-0.2, -0.15) is 0 Å². The predicted molar refractivity (Wildman–Crippen MR) is 102 cm³/mol. The molecule has 0 aliphatic heterocycles. The largest absolute Gasteiger partial charge is 0.392 e. The lowest BCUT2D eigenvalue weighted by atomic mass is 9.89. The Morgan fingerprint density at radius 3 is 1.54 bits per heavy atom. The third-order valence-electron chi connectivity index (χ3n) is 4.81. The van der Waals surface area contributed by atoms with Crippen molar-refractivity contribution >= 4 is 0 Å². The van der Waals surface area contributed by atoms with Gasteiger partial charge in [0.15, 0.2) is 0 Å². The minimum absolute atomic E-state index is 0.121. The fraction of sp³-hybridized carbons (Fsp3) is 0.455. The average Bonchev–Trinajstić information content (AvgIpc) is 2.59. The lowest BCUT2D eigenvalue weighted by Gasteiger charge is -2.17. The van der Waals surface area contributed by atoms with Crippen LogP contribution in [0.3, 0.4) is 0 Å². The zero-order valence-electron chi connectivity index (χ0n) is 15.5. The van der Waals surface area contributed by atoms with E-state index in [2.05, 4.69) is 69.2 Å². The van der Waals surface area contributed by atoms with Gasteiger partial charge in [0.25, 0.3) is 0 Å². The standard InChI is InChI=1S/C22H31NO/c1-17(21-11-7-19(8-12-21)15-23(3)4)5-6-18(2)22-13-9-20(16-24)10-14-22/h7-14,17-18,24H,5-6,15-16H2,1-4H3. The molecular weight excluding hydrogens is 294 g/mol. The van der Waals surface area contributed by atoms with E-state index < -0.39 is 0 Å². The maximum Gasteiger partial charge on any atom is 0.0681 e. The lowest BCUT2D eigenvalue weighted by molar-refractivity contribution is 0.282. The molecule has 0 radical (unpaired) electrons. The molecule has 0 fully saturated rings. The zero-order chi connectivity index (χ0) is 17.5. The monoisotopic (exact) mass is 325 g/mol. The molecule has 0 heterocycles. The van der Waals surface area contributed by atoms with Gasteiger partial charge in [-0.25, -0.2) is 0 Å². The molecule has 0 bridgehead atoms. The number of rotatable bonds is 8. The number of aliphatic hydroxyl groups is 1. The summed E-state index contributed by atoms with van der Waals surface area (Å²) in [5, 5.41) is 9.13. The Morgan fingerprint density at radius 1 is 0.750 bits per heavy atom. The van der Waals surface area contributed by atoms with Crippen molar-refractivity contribution in [3.63, 3.8) is 0 Å². The second-order valence-electron chi connectivity index (χ2n) is 7.26. The van der Waals surface area contributed by atoms with E-state index in [-0.39, 0.29) is 6.61 Å². The Morgan fingerprint density at radius 2 is 1.17 bits per heavy atom. The van der Waals surface area contributed by atoms with Gasteiger partial charge >= 0.3 is 0 Å². The summed E-state index contributed by atoms with van der Waals surface area (Å²) >= 11 is 0. The van der Waals surface area contributed by atoms with Gasteiger partial charge in [0.2, 0.25) is 0 Å². The van der Waals surface area contributed by atoms with E-state index in [4.69, 9.17) is 5.11 Å². The maximum absolute atomic E-state index is 9.13. The van der Waals surface area contributed by atoms with Gasteiger partial charge in [-0.3, -0.25) is 0 Å². The van der Waals surface area contributed by atoms with Crippen LogP contribution in [0, 0.1) is 0 Å². The lowest BCUT2D eigenvalue weighted by Crippen LogP contribution is -2.10. The summed E-state index contributed by atoms with van der Waals surface area (Å²) < 4.78 is 0. The van der Waals surface area contributed by atoms with Crippen LogP contribution in [0.25, 0.3) is 0 Å². The molecule has 0 saturated carbocycles. The Balaban J connectivity index is 1.88. The average molecular weight is 325 g/mol. The summed E-state index contributed by atoms with van der Waals surface area (Å²) in [7, 11) is 4.20. The number of nitrogens with zero attached hydrogens (tertiary/aromatic N) is 1. The summed E-state index contributed by atoms with van der Waals surface area (Å²) in [6, 6.07) is 17.4. The van der Waals surface area contributed by atoms with Crippen LogP contribution in [0.5, 0.6) is 0 Å². The molecule has 0 aliphatic rings. The Kier molecular flexibility index (Phi) is 7.01. The molecule has 0 aromatic heterocycles. The normalized spacial score (nSPS) is 13.9. The maximum atomic E-state index is 9.13. The summed E-state index contributed by atoms with van der Waals surface area (Å²) in [6.07, 6.45) is 2.37. The van der Waals surface area contributed by atoms with Crippen LogP contribution in [0.4, 0.5) is 0 Å². The second kappa shape index (κ2) is 9.00. The fourth-order valence-electron chi connectivity index (χ4n) is 3.10. The number of aliphatic hydroxyl groups excluding tert-OH is 1. The smallest absolute Gasteiger partial charge is 0.0681 e. The van der Waals surface area contributed by atoms with Crippen molar-refractivity contribution in [3.05, 3.63) is 70.8 Å². The van der Waals surface area contributed by atoms with Crippen LogP contribution >= 0.6 is 0 Å². The summed E-state index contributed by atoms with van der Waals surface area (Å²) in [5.74, 6) is 1.13. The van der Waals surface area contributed by atoms with Crippen LogP contribution in [-0.2, 0) is 13.2 Å². The summed E-state index contributed by atoms with van der Waals surface area (Å²) in [4.78, 5) is 2.20. The molecule has 0 saturated heterocycles. The topological polar surface area (TPSA) is 23.5 Å². The molecule has 0 spiro atoms. The molecule has 2 nitrogen and oxygen atoms in total. The highest BCUT2D eigenvalue weighted by atomic mass is 16.3. The highest BCUT2D eigenvalue weighted by Gasteiger charge is 2.10. The SMILES string of the molecule is CC(CCC(C)c1ccc(CN(C)C)cc1)c1ccc(CO)cc1. The van der Waals surface area contributed by atoms with E-state index in [0.717, 1.165) is 12.1 Å². The second-order valence-corrected chi connectivity index (χ2v) is 7.26. The molecule has 1 N–H and O–H groups in total. The van der Waals surface area contributed by atoms with E-state index >= 15 is 0 Å². The first kappa shape index (κ1) is 18.7. The van der Waals surface area contributed by atoms with Crippen LogP contribution in [0.15, 0.2) is 48.5 Å². The van der Waals surface area contributed by atoms with Crippen LogP contribution in [0.1, 0.15) is 60.8 Å². The van der Waals surface area contributed by atoms with E-state index in [0.29, 0.717) is 11.8 Å². The van der Waals surface area contributed by atoms with Gasteiger partial charge in [-0.1, -0.05) is 62.4 Å². The van der Waals surface area contributed by atoms with Gasteiger partial charge < -0.3 is 10.0 Å². The highest BCUT2D eigenvalue weighted by molar-refractivity contribution is 5.26. The van der Waals surface area contributed by atoms with Crippen LogP contribution < -0.4 is 0 Å². The van der Waals surface area contributed by atoms with Gasteiger partial charge in [0.05, 0.1) is 6.61 Å². The Bertz CT molecular complexity index is 601. The Labute approximate surface area is 147 Å². The van der Waals surface area contributed by atoms with Crippen molar-refractivity contribution in [2.75, 3.05) is 14.1 Å². The Hall–Kier alpha value is -1.64. The molecule has 2 aromatic carbocycles. The molecule has 2 heteroatoms. The third kappa shape index (κ3) is 5.47. The van der Waals surface area contributed by atoms with E-state index in [9.17, 15) is 0 Å². The van der Waals surface area contributed by atoms with Crippen molar-refractivity contribution < 1.29 is 5.11 Å². The summed E-state index contributed by atoms with van der Waals surface area (Å²) in [6.45, 7) is 5.73. The highest BCUT2D eigenvalue weighted by Crippen LogP contribution is 2.28. The third-order valence-corrected chi connectivity index (χ3v) is 4.81. The van der Waals surface area contributed by atoms with Crippen molar-refractivity contribution in [2.45, 2.75) is 51.7 Å². The van der Waals surface area contributed by atoms with Crippen molar-refractivity contribution in [1.29, 1.82) is 0 Å². The van der Waals surface area contributed by atoms with Gasteiger partial charge in [-0.05, 0) is 61.0 Å². The first-order valence-corrected chi connectivity index (χ1v) is 8.93. The molecule has 0 amide bonds. The van der Waals surface area contributed by atoms with E-state index in [1.54, 1.807) is 0 Å². The van der Waals surface area contributed by atoms with Crippen LogP contribution in [-0.4, -0.2) is 24.1 Å². The molecule has 2 atom stereocenters. The quantitative estimate of drug-likeness (QED) is 0.744. The molecule has 2 rings (SSSR count). The first-order chi connectivity index (χ1) is 11.5. The van der Waals surface area contributed by atoms with Crippen molar-refractivity contribution in [2.24, 2.45) is 0 Å². The number of benzene rings is 2. The van der Waals surface area contributed by atoms with Crippen molar-refractivity contribution in [1.82, 2.24) is 4.90 Å². The first-order valence-electron chi connectivity index (χ1n) is 8.93. The summed E-state index contributed by atoms with van der Waals surface area (Å²) in [5.41, 5.74) is 5.14. The molecule has 24 heavy (non-hydrogen) atoms.